The number of nitrogens with zero attached hydrogens (tertiary/aromatic N) is 2. The molecule has 0 radical (unpaired) electrons. The van der Waals surface area contributed by atoms with E-state index in [2.05, 4.69) is 15.3 Å². The number of rotatable bonds is 6. The summed E-state index contributed by atoms with van der Waals surface area (Å²) in [6.45, 7) is 2.83. The highest BCUT2D eigenvalue weighted by atomic mass is 16.5. The molecule has 2 aromatic rings. The minimum absolute atomic E-state index is 0.00304. The van der Waals surface area contributed by atoms with Crippen LogP contribution in [0.1, 0.15) is 37.1 Å². The third kappa shape index (κ3) is 3.49. The molecule has 0 amide bonds. The van der Waals surface area contributed by atoms with Crippen LogP contribution in [-0.2, 0) is 6.61 Å². The number of nitrogens with one attached hydrogen (secondary N) is 1. The lowest BCUT2D eigenvalue weighted by Crippen LogP contribution is -2.04. The van der Waals surface area contributed by atoms with Gasteiger partial charge in [-0.15, -0.1) is 0 Å². The lowest BCUT2D eigenvalue weighted by Gasteiger charge is -2.10. The van der Waals surface area contributed by atoms with E-state index in [1.807, 2.05) is 31.2 Å². The Morgan fingerprint density at radius 3 is 2.86 bits per heavy atom. The Kier molecular flexibility index (Phi) is 4.01. The highest BCUT2D eigenvalue weighted by molar-refractivity contribution is 5.41. The van der Waals surface area contributed by atoms with E-state index in [1.54, 1.807) is 6.07 Å². The van der Waals surface area contributed by atoms with E-state index < -0.39 is 0 Å². The van der Waals surface area contributed by atoms with Crippen LogP contribution in [0.5, 0.6) is 11.6 Å². The van der Waals surface area contributed by atoms with Gasteiger partial charge < -0.3 is 15.2 Å². The molecular formula is C16H19N3O2. The Balaban J connectivity index is 1.85. The molecule has 0 aliphatic heterocycles. The zero-order valence-corrected chi connectivity index (χ0v) is 12.0. The number of aliphatic hydroxyl groups excluding tert-OH is 1. The summed E-state index contributed by atoms with van der Waals surface area (Å²) in [7, 11) is 0. The molecule has 3 rings (SSSR count). The van der Waals surface area contributed by atoms with Gasteiger partial charge in [0, 0.05) is 18.5 Å². The molecule has 1 aromatic carbocycles. The fourth-order valence-corrected chi connectivity index (χ4v) is 2.12. The van der Waals surface area contributed by atoms with Crippen LogP contribution in [-0.4, -0.2) is 21.6 Å². The van der Waals surface area contributed by atoms with Gasteiger partial charge in [0.1, 0.15) is 17.4 Å². The largest absolute Gasteiger partial charge is 0.439 e. The summed E-state index contributed by atoms with van der Waals surface area (Å²) < 4.78 is 5.82. The van der Waals surface area contributed by atoms with Gasteiger partial charge in [-0.25, -0.2) is 4.98 Å². The van der Waals surface area contributed by atoms with Crippen LogP contribution >= 0.6 is 0 Å². The molecule has 0 atom stereocenters. The predicted molar refractivity (Wildman–Crippen MR) is 80.6 cm³/mol. The Labute approximate surface area is 124 Å². The number of aromatic nitrogens is 2. The van der Waals surface area contributed by atoms with Gasteiger partial charge >= 0.3 is 0 Å². The van der Waals surface area contributed by atoms with Crippen molar-refractivity contribution in [1.82, 2.24) is 9.97 Å². The molecule has 1 aliphatic rings. The SMILES string of the molecule is CCNc1cc(Oc2cccc(CO)c2)nc(C2CC2)n1. The van der Waals surface area contributed by atoms with Crippen molar-refractivity contribution in [1.29, 1.82) is 0 Å². The summed E-state index contributed by atoms with van der Waals surface area (Å²) in [6, 6.07) is 9.18. The highest BCUT2D eigenvalue weighted by Gasteiger charge is 2.27. The molecule has 110 valence electrons. The number of hydrogen-bond acceptors (Lipinski definition) is 5. The molecule has 1 fully saturated rings. The summed E-state index contributed by atoms with van der Waals surface area (Å²) in [5, 5.41) is 12.4. The Morgan fingerprint density at radius 1 is 1.29 bits per heavy atom. The number of aliphatic hydroxyl groups is 1. The average Bonchev–Trinajstić information content (AvgIpc) is 3.32. The maximum atomic E-state index is 9.18. The molecule has 1 heterocycles. The van der Waals surface area contributed by atoms with Gasteiger partial charge in [0.25, 0.3) is 0 Å². The van der Waals surface area contributed by atoms with E-state index in [9.17, 15) is 5.11 Å². The van der Waals surface area contributed by atoms with Crippen LogP contribution in [0.2, 0.25) is 0 Å². The van der Waals surface area contributed by atoms with Gasteiger partial charge in [0.2, 0.25) is 5.88 Å². The molecule has 5 nitrogen and oxygen atoms in total. The van der Waals surface area contributed by atoms with Gasteiger partial charge in [0.15, 0.2) is 0 Å². The maximum absolute atomic E-state index is 9.18. The van der Waals surface area contributed by atoms with E-state index >= 15 is 0 Å². The zero-order valence-electron chi connectivity index (χ0n) is 12.0. The third-order valence-corrected chi connectivity index (χ3v) is 3.32. The van der Waals surface area contributed by atoms with Crippen molar-refractivity contribution in [3.05, 3.63) is 41.7 Å². The molecule has 0 bridgehead atoms. The summed E-state index contributed by atoms with van der Waals surface area (Å²) in [6.07, 6.45) is 2.30. The number of anilines is 1. The molecule has 0 spiro atoms. The zero-order chi connectivity index (χ0) is 14.7. The van der Waals surface area contributed by atoms with Gasteiger partial charge in [-0.05, 0) is 37.5 Å². The summed E-state index contributed by atoms with van der Waals surface area (Å²) in [5.74, 6) is 3.32. The van der Waals surface area contributed by atoms with Crippen LogP contribution in [0.25, 0.3) is 0 Å². The van der Waals surface area contributed by atoms with Crippen LogP contribution in [0.3, 0.4) is 0 Å². The second kappa shape index (κ2) is 6.10. The highest BCUT2D eigenvalue weighted by Crippen LogP contribution is 2.39. The molecule has 0 saturated heterocycles. The van der Waals surface area contributed by atoms with E-state index in [0.717, 1.165) is 36.6 Å². The van der Waals surface area contributed by atoms with E-state index in [0.29, 0.717) is 17.5 Å². The molecule has 1 saturated carbocycles. The Bertz CT molecular complexity index is 627. The van der Waals surface area contributed by atoms with Crippen molar-refractivity contribution in [2.24, 2.45) is 0 Å². The molecule has 0 unspecified atom stereocenters. The number of ether oxygens (including phenoxy) is 1. The first-order valence-electron chi connectivity index (χ1n) is 7.29. The standard InChI is InChI=1S/C16H19N3O2/c1-2-17-14-9-15(19-16(18-14)12-6-7-12)21-13-5-3-4-11(8-13)10-20/h3-5,8-9,12,20H,2,6-7,10H2,1H3,(H,17,18,19). The first kappa shape index (κ1) is 13.8. The molecule has 2 N–H and O–H groups in total. The monoisotopic (exact) mass is 285 g/mol. The van der Waals surface area contributed by atoms with Crippen molar-refractivity contribution in [2.45, 2.75) is 32.3 Å². The van der Waals surface area contributed by atoms with E-state index in [4.69, 9.17) is 4.74 Å². The second-order valence-corrected chi connectivity index (χ2v) is 5.16. The van der Waals surface area contributed by atoms with Crippen LogP contribution in [0.4, 0.5) is 5.82 Å². The molecule has 1 aliphatic carbocycles. The summed E-state index contributed by atoms with van der Waals surface area (Å²) in [4.78, 5) is 9.01. The topological polar surface area (TPSA) is 67.3 Å². The Morgan fingerprint density at radius 2 is 2.14 bits per heavy atom. The van der Waals surface area contributed by atoms with Gasteiger partial charge in [-0.1, -0.05) is 12.1 Å². The Hall–Kier alpha value is -2.14. The molecule has 5 heteroatoms. The van der Waals surface area contributed by atoms with Crippen molar-refractivity contribution < 1.29 is 9.84 Å². The van der Waals surface area contributed by atoms with Crippen molar-refractivity contribution >= 4 is 5.82 Å². The predicted octanol–water partition coefficient (Wildman–Crippen LogP) is 3.07. The van der Waals surface area contributed by atoms with E-state index in [-0.39, 0.29) is 6.61 Å². The van der Waals surface area contributed by atoms with Crippen molar-refractivity contribution in [3.8, 4) is 11.6 Å². The average molecular weight is 285 g/mol. The van der Waals surface area contributed by atoms with Crippen LogP contribution < -0.4 is 10.1 Å². The van der Waals surface area contributed by atoms with Gasteiger partial charge in [-0.3, -0.25) is 0 Å². The molecular weight excluding hydrogens is 266 g/mol. The molecule has 21 heavy (non-hydrogen) atoms. The van der Waals surface area contributed by atoms with Crippen molar-refractivity contribution in [2.75, 3.05) is 11.9 Å². The quantitative estimate of drug-likeness (QED) is 0.853. The van der Waals surface area contributed by atoms with Gasteiger partial charge in [-0.2, -0.15) is 4.98 Å². The third-order valence-electron chi connectivity index (χ3n) is 3.32. The smallest absolute Gasteiger partial charge is 0.224 e. The minimum Gasteiger partial charge on any atom is -0.439 e. The lowest BCUT2D eigenvalue weighted by molar-refractivity contribution is 0.281. The minimum atomic E-state index is -0.00304. The maximum Gasteiger partial charge on any atom is 0.224 e. The fraction of sp³-hybridized carbons (Fsp3) is 0.375. The van der Waals surface area contributed by atoms with Crippen LogP contribution in [0.15, 0.2) is 30.3 Å². The summed E-state index contributed by atoms with van der Waals surface area (Å²) >= 11 is 0. The van der Waals surface area contributed by atoms with Crippen LogP contribution in [0, 0.1) is 0 Å². The lowest BCUT2D eigenvalue weighted by atomic mass is 10.2. The number of hydrogen-bond donors (Lipinski definition) is 2. The normalized spacial score (nSPS) is 14.0. The van der Waals surface area contributed by atoms with E-state index in [1.165, 1.54) is 0 Å². The first-order valence-corrected chi connectivity index (χ1v) is 7.29. The summed E-state index contributed by atoms with van der Waals surface area (Å²) in [5.41, 5.74) is 0.816. The van der Waals surface area contributed by atoms with Gasteiger partial charge in [0.05, 0.1) is 6.61 Å². The fourth-order valence-electron chi connectivity index (χ4n) is 2.12. The first-order chi connectivity index (χ1) is 10.3. The number of benzene rings is 1. The second-order valence-electron chi connectivity index (χ2n) is 5.16. The molecule has 1 aromatic heterocycles. The van der Waals surface area contributed by atoms with Crippen molar-refractivity contribution in [3.63, 3.8) is 0 Å².